The first-order valence-corrected chi connectivity index (χ1v) is 7.19. The fourth-order valence-electron chi connectivity index (χ4n) is 1.61. The van der Waals surface area contributed by atoms with Crippen LogP contribution < -0.4 is 16.6 Å². The number of nitrogen functional groups attached to an aromatic ring is 1. The first-order chi connectivity index (χ1) is 8.58. The topological polar surface area (TPSA) is 67.2 Å². The van der Waals surface area contributed by atoms with Gasteiger partial charge in [0.2, 0.25) is 0 Å². The van der Waals surface area contributed by atoms with E-state index >= 15 is 0 Å². The molecular formula is C13H21N3OS. The van der Waals surface area contributed by atoms with Crippen LogP contribution in [0.1, 0.15) is 29.8 Å². The molecule has 1 amide bonds. The number of carbonyl (C=O) groups excluding carboxylic acids is 1. The molecule has 0 bridgehead atoms. The van der Waals surface area contributed by atoms with E-state index in [4.69, 9.17) is 5.84 Å². The summed E-state index contributed by atoms with van der Waals surface area (Å²) in [6.07, 6.45) is 0. The van der Waals surface area contributed by atoms with E-state index < -0.39 is 0 Å². The van der Waals surface area contributed by atoms with Gasteiger partial charge in [-0.05, 0) is 31.7 Å². The SMILES string of the molecule is CCSCC(C)NC(=O)c1cc(C)ccc1NN. The molecule has 0 aromatic heterocycles. The summed E-state index contributed by atoms with van der Waals surface area (Å²) in [7, 11) is 0. The number of aryl methyl sites for hydroxylation is 1. The Morgan fingerprint density at radius 2 is 2.22 bits per heavy atom. The standard InChI is InChI=1S/C13H21N3OS/c1-4-18-8-10(3)15-13(17)11-7-9(2)5-6-12(11)16-14/h5-7,10,16H,4,8,14H2,1-3H3,(H,15,17). The Morgan fingerprint density at radius 3 is 2.83 bits per heavy atom. The molecule has 1 aromatic carbocycles. The highest BCUT2D eigenvalue weighted by Crippen LogP contribution is 2.16. The molecule has 0 heterocycles. The minimum Gasteiger partial charge on any atom is -0.349 e. The van der Waals surface area contributed by atoms with Crippen molar-refractivity contribution >= 4 is 23.4 Å². The van der Waals surface area contributed by atoms with Crippen molar-refractivity contribution in [2.75, 3.05) is 16.9 Å². The molecule has 0 spiro atoms. The van der Waals surface area contributed by atoms with Crippen molar-refractivity contribution in [3.63, 3.8) is 0 Å². The highest BCUT2D eigenvalue weighted by atomic mass is 32.2. The van der Waals surface area contributed by atoms with Crippen LogP contribution in [-0.4, -0.2) is 23.5 Å². The summed E-state index contributed by atoms with van der Waals surface area (Å²) in [6, 6.07) is 5.72. The second-order valence-corrected chi connectivity index (χ2v) is 5.55. The highest BCUT2D eigenvalue weighted by molar-refractivity contribution is 7.99. The molecule has 0 radical (unpaired) electrons. The zero-order valence-electron chi connectivity index (χ0n) is 11.1. The van der Waals surface area contributed by atoms with E-state index in [1.165, 1.54) is 0 Å². The lowest BCUT2D eigenvalue weighted by Gasteiger charge is -2.15. The van der Waals surface area contributed by atoms with Crippen LogP contribution in [0, 0.1) is 6.92 Å². The Hall–Kier alpha value is -1.20. The number of hydrogen-bond donors (Lipinski definition) is 3. The summed E-state index contributed by atoms with van der Waals surface area (Å²) in [5, 5.41) is 2.98. The maximum absolute atomic E-state index is 12.1. The number of amides is 1. The summed E-state index contributed by atoms with van der Waals surface area (Å²) < 4.78 is 0. The summed E-state index contributed by atoms with van der Waals surface area (Å²) in [6.45, 7) is 6.07. The monoisotopic (exact) mass is 267 g/mol. The van der Waals surface area contributed by atoms with Gasteiger partial charge in [-0.3, -0.25) is 10.6 Å². The smallest absolute Gasteiger partial charge is 0.253 e. The second-order valence-electron chi connectivity index (χ2n) is 4.23. The summed E-state index contributed by atoms with van der Waals surface area (Å²) in [4.78, 5) is 12.1. The van der Waals surface area contributed by atoms with Crippen LogP contribution >= 0.6 is 11.8 Å². The average molecular weight is 267 g/mol. The van der Waals surface area contributed by atoms with Crippen molar-refractivity contribution in [3.8, 4) is 0 Å². The summed E-state index contributed by atoms with van der Waals surface area (Å²) in [5.74, 6) is 7.30. The minimum absolute atomic E-state index is 0.0872. The molecule has 100 valence electrons. The number of thioether (sulfide) groups is 1. The fourth-order valence-corrected chi connectivity index (χ4v) is 2.28. The zero-order chi connectivity index (χ0) is 13.5. The molecule has 18 heavy (non-hydrogen) atoms. The number of rotatable bonds is 6. The maximum atomic E-state index is 12.1. The molecule has 1 rings (SSSR count). The van der Waals surface area contributed by atoms with Gasteiger partial charge in [-0.2, -0.15) is 11.8 Å². The Kier molecular flexibility index (Phi) is 6.01. The predicted molar refractivity (Wildman–Crippen MR) is 78.9 cm³/mol. The van der Waals surface area contributed by atoms with E-state index in [0.29, 0.717) is 11.3 Å². The third-order valence-corrected chi connectivity index (χ3v) is 3.67. The summed E-state index contributed by atoms with van der Waals surface area (Å²) >= 11 is 1.81. The van der Waals surface area contributed by atoms with Gasteiger partial charge >= 0.3 is 0 Å². The molecule has 0 aliphatic rings. The first kappa shape index (κ1) is 14.9. The van der Waals surface area contributed by atoms with Gasteiger partial charge in [0.15, 0.2) is 0 Å². The van der Waals surface area contributed by atoms with Gasteiger partial charge in [-0.1, -0.05) is 18.6 Å². The van der Waals surface area contributed by atoms with Crippen LogP contribution in [0.2, 0.25) is 0 Å². The van der Waals surface area contributed by atoms with E-state index in [0.717, 1.165) is 17.1 Å². The Balaban J connectivity index is 2.74. The number of nitrogens with two attached hydrogens (primary N) is 1. The number of nitrogens with one attached hydrogen (secondary N) is 2. The van der Waals surface area contributed by atoms with Crippen molar-refractivity contribution in [3.05, 3.63) is 29.3 Å². The molecule has 0 fully saturated rings. The Labute approximate surface area is 113 Å². The number of anilines is 1. The lowest BCUT2D eigenvalue weighted by atomic mass is 10.1. The van der Waals surface area contributed by atoms with E-state index in [1.807, 2.05) is 43.8 Å². The maximum Gasteiger partial charge on any atom is 0.253 e. The molecule has 0 aliphatic heterocycles. The van der Waals surface area contributed by atoms with Gasteiger partial charge in [0.25, 0.3) is 5.91 Å². The van der Waals surface area contributed by atoms with Crippen molar-refractivity contribution in [1.29, 1.82) is 0 Å². The number of benzene rings is 1. The first-order valence-electron chi connectivity index (χ1n) is 6.04. The second kappa shape index (κ2) is 7.28. The van der Waals surface area contributed by atoms with Gasteiger partial charge in [0, 0.05) is 11.8 Å². The van der Waals surface area contributed by atoms with E-state index in [2.05, 4.69) is 17.7 Å². The Morgan fingerprint density at radius 1 is 1.50 bits per heavy atom. The van der Waals surface area contributed by atoms with Crippen molar-refractivity contribution < 1.29 is 4.79 Å². The van der Waals surface area contributed by atoms with Gasteiger partial charge < -0.3 is 10.7 Å². The largest absolute Gasteiger partial charge is 0.349 e. The van der Waals surface area contributed by atoms with Crippen molar-refractivity contribution in [2.24, 2.45) is 5.84 Å². The minimum atomic E-state index is -0.0872. The van der Waals surface area contributed by atoms with Crippen LogP contribution in [0.15, 0.2) is 18.2 Å². The van der Waals surface area contributed by atoms with Crippen molar-refractivity contribution in [2.45, 2.75) is 26.8 Å². The molecule has 5 heteroatoms. The van der Waals surface area contributed by atoms with Gasteiger partial charge in [0.05, 0.1) is 11.3 Å². The molecule has 1 aromatic rings. The lowest BCUT2D eigenvalue weighted by molar-refractivity contribution is 0.0944. The van der Waals surface area contributed by atoms with Crippen LogP contribution in [0.5, 0.6) is 0 Å². The van der Waals surface area contributed by atoms with Crippen LogP contribution in [-0.2, 0) is 0 Å². The summed E-state index contributed by atoms with van der Waals surface area (Å²) in [5.41, 5.74) is 4.83. The third kappa shape index (κ3) is 4.23. The van der Waals surface area contributed by atoms with Crippen molar-refractivity contribution in [1.82, 2.24) is 5.32 Å². The molecule has 1 atom stereocenters. The third-order valence-electron chi connectivity index (χ3n) is 2.52. The van der Waals surface area contributed by atoms with Gasteiger partial charge in [-0.25, -0.2) is 0 Å². The quantitative estimate of drug-likeness (QED) is 0.546. The lowest BCUT2D eigenvalue weighted by Crippen LogP contribution is -2.35. The molecule has 0 aliphatic carbocycles. The van der Waals surface area contributed by atoms with Gasteiger partial charge in [-0.15, -0.1) is 0 Å². The number of hydrogen-bond acceptors (Lipinski definition) is 4. The van der Waals surface area contributed by atoms with E-state index in [-0.39, 0.29) is 11.9 Å². The van der Waals surface area contributed by atoms with Gasteiger partial charge in [0.1, 0.15) is 0 Å². The molecule has 4 N–H and O–H groups in total. The molecule has 4 nitrogen and oxygen atoms in total. The van der Waals surface area contributed by atoms with Crippen LogP contribution in [0.4, 0.5) is 5.69 Å². The predicted octanol–water partition coefficient (Wildman–Crippen LogP) is 2.15. The number of carbonyl (C=O) groups is 1. The van der Waals surface area contributed by atoms with E-state index in [9.17, 15) is 4.79 Å². The van der Waals surface area contributed by atoms with Crippen LogP contribution in [0.3, 0.4) is 0 Å². The van der Waals surface area contributed by atoms with E-state index in [1.54, 1.807) is 0 Å². The number of hydrazine groups is 1. The molecule has 0 saturated heterocycles. The molecule has 1 unspecified atom stereocenters. The Bertz CT molecular complexity index is 409. The average Bonchev–Trinajstić information content (AvgIpc) is 2.36. The fraction of sp³-hybridized carbons (Fsp3) is 0.462. The molecule has 0 saturated carbocycles. The zero-order valence-corrected chi connectivity index (χ0v) is 11.9. The normalized spacial score (nSPS) is 12.0. The van der Waals surface area contributed by atoms with Crippen LogP contribution in [0.25, 0.3) is 0 Å². The molecular weight excluding hydrogens is 246 g/mol. The highest BCUT2D eigenvalue weighted by Gasteiger charge is 2.13.